The van der Waals surface area contributed by atoms with Crippen molar-refractivity contribution in [1.82, 2.24) is 4.90 Å². The van der Waals surface area contributed by atoms with Gasteiger partial charge in [0.05, 0.1) is 11.8 Å². The third kappa shape index (κ3) is 1.77. The second-order valence-electron chi connectivity index (χ2n) is 5.07. The molecule has 2 atom stereocenters. The third-order valence-corrected chi connectivity index (χ3v) is 3.65. The Kier molecular flexibility index (Phi) is 2.82. The number of likely N-dealkylation sites (tertiary alicyclic amines) is 1. The van der Waals surface area contributed by atoms with Crippen LogP contribution < -0.4 is 0 Å². The number of nitrogens with zero attached hydrogens (tertiary/aromatic N) is 1. The summed E-state index contributed by atoms with van der Waals surface area (Å²) in [6.45, 7) is 3.83. The van der Waals surface area contributed by atoms with Crippen LogP contribution in [0.5, 0.6) is 0 Å². The number of hydrogen-bond acceptors (Lipinski definition) is 3. The van der Waals surface area contributed by atoms with Gasteiger partial charge >= 0.3 is 0 Å². The third-order valence-electron chi connectivity index (χ3n) is 3.65. The Bertz CT molecular complexity index is 326. The summed E-state index contributed by atoms with van der Waals surface area (Å²) in [4.78, 5) is 36.1. The summed E-state index contributed by atoms with van der Waals surface area (Å²) in [7, 11) is 0. The van der Waals surface area contributed by atoms with Gasteiger partial charge < -0.3 is 0 Å². The van der Waals surface area contributed by atoms with Crippen molar-refractivity contribution in [3.05, 3.63) is 0 Å². The van der Waals surface area contributed by atoms with Gasteiger partial charge in [-0.15, -0.1) is 0 Å². The lowest BCUT2D eigenvalue weighted by Gasteiger charge is -2.15. The van der Waals surface area contributed by atoms with Crippen LogP contribution in [0, 0.1) is 17.8 Å². The molecule has 88 valence electrons. The molecule has 1 heterocycles. The molecule has 0 aromatic carbocycles. The highest BCUT2D eigenvalue weighted by atomic mass is 16.2. The summed E-state index contributed by atoms with van der Waals surface area (Å²) >= 11 is 0. The highest BCUT2D eigenvalue weighted by molar-refractivity contribution is 6.05. The van der Waals surface area contributed by atoms with E-state index in [0.717, 1.165) is 12.8 Å². The average Bonchev–Trinajstić information content (AvgIpc) is 2.66. The molecule has 0 radical (unpaired) electrons. The first-order chi connectivity index (χ1) is 7.50. The Labute approximate surface area is 95.0 Å². The van der Waals surface area contributed by atoms with Gasteiger partial charge in [0.1, 0.15) is 5.78 Å². The maximum atomic E-state index is 11.9. The van der Waals surface area contributed by atoms with E-state index < -0.39 is 0 Å². The number of carbonyl (C=O) groups excluding carboxylic acids is 3. The minimum Gasteiger partial charge on any atom is -0.300 e. The first-order valence-electron chi connectivity index (χ1n) is 5.85. The highest BCUT2D eigenvalue weighted by Crippen LogP contribution is 2.42. The van der Waals surface area contributed by atoms with Crippen LogP contribution >= 0.6 is 0 Å². The molecule has 0 aromatic heterocycles. The van der Waals surface area contributed by atoms with Crippen molar-refractivity contribution in [2.75, 3.05) is 6.54 Å². The maximum absolute atomic E-state index is 11.9. The fraction of sp³-hybridized carbons (Fsp3) is 0.750. The predicted molar refractivity (Wildman–Crippen MR) is 57.4 cm³/mol. The lowest BCUT2D eigenvalue weighted by atomic mass is 10.00. The van der Waals surface area contributed by atoms with Gasteiger partial charge in [-0.1, -0.05) is 6.92 Å². The van der Waals surface area contributed by atoms with Crippen LogP contribution in [0.1, 0.15) is 33.1 Å². The van der Waals surface area contributed by atoms with Gasteiger partial charge in [0.25, 0.3) is 0 Å². The van der Waals surface area contributed by atoms with Gasteiger partial charge in [-0.2, -0.15) is 0 Å². The van der Waals surface area contributed by atoms with Crippen molar-refractivity contribution in [2.45, 2.75) is 33.1 Å². The van der Waals surface area contributed by atoms with Crippen LogP contribution in [0.15, 0.2) is 0 Å². The quantitative estimate of drug-likeness (QED) is 0.671. The normalized spacial score (nSPS) is 33.4. The molecular weight excluding hydrogens is 206 g/mol. The largest absolute Gasteiger partial charge is 0.300 e. The Balaban J connectivity index is 2.05. The number of carbonyl (C=O) groups is 3. The van der Waals surface area contributed by atoms with E-state index >= 15 is 0 Å². The monoisotopic (exact) mass is 223 g/mol. The average molecular weight is 223 g/mol. The molecule has 4 nitrogen and oxygen atoms in total. The molecule has 2 amide bonds. The van der Waals surface area contributed by atoms with E-state index in [4.69, 9.17) is 0 Å². The zero-order valence-corrected chi connectivity index (χ0v) is 9.73. The molecule has 2 unspecified atom stereocenters. The molecule has 0 spiro atoms. The molecule has 1 saturated carbocycles. The van der Waals surface area contributed by atoms with Gasteiger partial charge in [-0.25, -0.2) is 0 Å². The Hall–Kier alpha value is -1.19. The van der Waals surface area contributed by atoms with Crippen LogP contribution in [0.3, 0.4) is 0 Å². The smallest absolute Gasteiger partial charge is 0.233 e. The molecule has 2 rings (SSSR count). The van der Waals surface area contributed by atoms with Crippen molar-refractivity contribution in [3.8, 4) is 0 Å². The van der Waals surface area contributed by atoms with Crippen LogP contribution in [-0.4, -0.2) is 29.0 Å². The summed E-state index contributed by atoms with van der Waals surface area (Å²) in [6.07, 6.45) is 1.93. The van der Waals surface area contributed by atoms with Crippen LogP contribution in [0.2, 0.25) is 0 Å². The van der Waals surface area contributed by atoms with Crippen LogP contribution in [0.4, 0.5) is 0 Å². The SMILES string of the molecule is CC(=O)CCN1C(=O)C2CC(C)CC2C1=O. The van der Waals surface area contributed by atoms with Crippen molar-refractivity contribution in [3.63, 3.8) is 0 Å². The summed E-state index contributed by atoms with van der Waals surface area (Å²) < 4.78 is 0. The predicted octanol–water partition coefficient (Wildman–Crippen LogP) is 0.997. The number of imide groups is 1. The Morgan fingerprint density at radius 1 is 1.25 bits per heavy atom. The van der Waals surface area contributed by atoms with Gasteiger partial charge in [0.15, 0.2) is 0 Å². The van der Waals surface area contributed by atoms with E-state index in [2.05, 4.69) is 6.92 Å². The van der Waals surface area contributed by atoms with Crippen molar-refractivity contribution in [2.24, 2.45) is 17.8 Å². The molecule has 16 heavy (non-hydrogen) atoms. The summed E-state index contributed by atoms with van der Waals surface area (Å²) in [5.41, 5.74) is 0. The van der Waals surface area contributed by atoms with Crippen LogP contribution in [-0.2, 0) is 14.4 Å². The molecular formula is C12H17NO3. The van der Waals surface area contributed by atoms with E-state index in [1.807, 2.05) is 0 Å². The number of amides is 2. The zero-order valence-electron chi connectivity index (χ0n) is 9.73. The molecule has 0 aromatic rings. The number of Topliss-reactive ketones (excluding diaryl/α,β-unsaturated/α-hetero) is 1. The first kappa shape index (κ1) is 11.3. The Morgan fingerprint density at radius 2 is 1.75 bits per heavy atom. The van der Waals surface area contributed by atoms with Gasteiger partial charge in [0.2, 0.25) is 11.8 Å². The molecule has 0 bridgehead atoms. The lowest BCUT2D eigenvalue weighted by molar-refractivity contribution is -0.140. The molecule has 4 heteroatoms. The summed E-state index contributed by atoms with van der Waals surface area (Å²) in [5.74, 6) is 0.175. The minimum atomic E-state index is -0.102. The molecule has 2 aliphatic rings. The van der Waals surface area contributed by atoms with Gasteiger partial charge in [-0.3, -0.25) is 19.3 Å². The molecule has 1 aliphatic carbocycles. The van der Waals surface area contributed by atoms with Crippen molar-refractivity contribution in [1.29, 1.82) is 0 Å². The lowest BCUT2D eigenvalue weighted by Crippen LogP contribution is -2.33. The van der Waals surface area contributed by atoms with E-state index in [-0.39, 0.29) is 42.4 Å². The molecule has 1 saturated heterocycles. The Morgan fingerprint density at radius 3 is 2.19 bits per heavy atom. The number of rotatable bonds is 3. The first-order valence-corrected chi connectivity index (χ1v) is 5.85. The summed E-state index contributed by atoms with van der Waals surface area (Å²) in [6, 6.07) is 0. The van der Waals surface area contributed by atoms with Crippen molar-refractivity contribution >= 4 is 17.6 Å². The highest BCUT2D eigenvalue weighted by Gasteiger charge is 2.51. The molecule has 1 aliphatic heterocycles. The standard InChI is InChI=1S/C12H17NO3/c1-7-5-9-10(6-7)12(16)13(11(9)15)4-3-8(2)14/h7,9-10H,3-6H2,1-2H3. The van der Waals surface area contributed by atoms with Gasteiger partial charge in [-0.05, 0) is 25.7 Å². The minimum absolute atomic E-state index is 0.0195. The number of hydrogen-bond donors (Lipinski definition) is 0. The van der Waals surface area contributed by atoms with E-state index in [1.54, 1.807) is 0 Å². The van der Waals surface area contributed by atoms with Crippen molar-refractivity contribution < 1.29 is 14.4 Å². The van der Waals surface area contributed by atoms with E-state index in [1.165, 1.54) is 11.8 Å². The molecule has 0 N–H and O–H groups in total. The zero-order chi connectivity index (χ0) is 11.9. The molecule has 2 fully saturated rings. The van der Waals surface area contributed by atoms with E-state index in [0.29, 0.717) is 5.92 Å². The number of ketones is 1. The topological polar surface area (TPSA) is 54.5 Å². The number of fused-ring (bicyclic) bond motifs is 1. The fourth-order valence-electron chi connectivity index (χ4n) is 2.84. The second-order valence-corrected chi connectivity index (χ2v) is 5.07. The van der Waals surface area contributed by atoms with Gasteiger partial charge in [0, 0.05) is 13.0 Å². The fourth-order valence-corrected chi connectivity index (χ4v) is 2.84. The van der Waals surface area contributed by atoms with Crippen LogP contribution in [0.25, 0.3) is 0 Å². The summed E-state index contributed by atoms with van der Waals surface area (Å²) in [5, 5.41) is 0. The maximum Gasteiger partial charge on any atom is 0.233 e. The van der Waals surface area contributed by atoms with E-state index in [9.17, 15) is 14.4 Å². The second kappa shape index (κ2) is 4.00.